The number of hydrogen-bond acceptors (Lipinski definition) is 4. The van der Waals surface area contributed by atoms with Crippen LogP contribution in [0.25, 0.3) is 0 Å². The molecule has 2 aliphatic heterocycles. The van der Waals surface area contributed by atoms with E-state index in [1.807, 2.05) is 24.3 Å². The van der Waals surface area contributed by atoms with E-state index in [0.717, 1.165) is 11.3 Å². The number of likely N-dealkylation sites (tertiary alicyclic amines) is 1. The molecular formula is C20H20N2O4. The second-order valence-corrected chi connectivity index (χ2v) is 6.63. The van der Waals surface area contributed by atoms with Crippen LogP contribution >= 0.6 is 0 Å². The van der Waals surface area contributed by atoms with Gasteiger partial charge >= 0.3 is 0 Å². The maximum atomic E-state index is 13.0. The van der Waals surface area contributed by atoms with Crippen molar-refractivity contribution in [1.82, 2.24) is 4.90 Å². The third-order valence-electron chi connectivity index (χ3n) is 5.31. The second-order valence-electron chi connectivity index (χ2n) is 6.63. The van der Waals surface area contributed by atoms with Crippen LogP contribution in [-0.4, -0.2) is 44.0 Å². The van der Waals surface area contributed by atoms with Crippen LogP contribution in [0.5, 0.6) is 11.5 Å². The molecule has 6 heteroatoms. The van der Waals surface area contributed by atoms with Crippen molar-refractivity contribution < 1.29 is 19.1 Å². The molecule has 2 aliphatic rings. The Bertz CT molecular complexity index is 895. The van der Waals surface area contributed by atoms with Crippen molar-refractivity contribution in [2.24, 2.45) is 0 Å². The Morgan fingerprint density at radius 2 is 1.88 bits per heavy atom. The van der Waals surface area contributed by atoms with E-state index in [4.69, 9.17) is 9.47 Å². The topological polar surface area (TPSA) is 67.9 Å². The molecule has 134 valence electrons. The Balaban J connectivity index is 1.62. The molecule has 2 amide bonds. The first-order valence-electron chi connectivity index (χ1n) is 8.51. The van der Waals surface area contributed by atoms with Gasteiger partial charge in [-0.3, -0.25) is 9.59 Å². The second kappa shape index (κ2) is 6.05. The van der Waals surface area contributed by atoms with E-state index >= 15 is 0 Å². The third-order valence-corrected chi connectivity index (χ3v) is 5.31. The molecule has 0 bridgehead atoms. The third kappa shape index (κ3) is 2.33. The Morgan fingerprint density at radius 3 is 2.65 bits per heavy atom. The van der Waals surface area contributed by atoms with Gasteiger partial charge in [-0.1, -0.05) is 18.2 Å². The van der Waals surface area contributed by atoms with Crippen LogP contribution in [0, 0.1) is 0 Å². The van der Waals surface area contributed by atoms with Crippen LogP contribution in [0.2, 0.25) is 0 Å². The van der Waals surface area contributed by atoms with Crippen LogP contribution in [0.4, 0.5) is 5.69 Å². The van der Waals surface area contributed by atoms with E-state index in [1.54, 1.807) is 30.2 Å². The number of nitrogens with zero attached hydrogens (tertiary/aromatic N) is 1. The molecule has 26 heavy (non-hydrogen) atoms. The van der Waals surface area contributed by atoms with E-state index in [0.29, 0.717) is 36.6 Å². The molecule has 1 spiro atoms. The van der Waals surface area contributed by atoms with Gasteiger partial charge in [-0.15, -0.1) is 0 Å². The molecule has 1 fully saturated rings. The summed E-state index contributed by atoms with van der Waals surface area (Å²) in [5.41, 5.74) is 1.69. The van der Waals surface area contributed by atoms with E-state index in [9.17, 15) is 9.59 Å². The Hall–Kier alpha value is -3.02. The summed E-state index contributed by atoms with van der Waals surface area (Å²) in [6.07, 6.45) is 0.620. The van der Waals surface area contributed by atoms with Crippen LogP contribution in [0.1, 0.15) is 22.3 Å². The SMILES string of the molecule is COc1ccc(C(=O)N2CC[C@@]3(C2)C(=O)Nc2ccccc23)cc1OC. The minimum absolute atomic E-state index is 0.0266. The van der Waals surface area contributed by atoms with E-state index in [-0.39, 0.29) is 11.8 Å². The van der Waals surface area contributed by atoms with Gasteiger partial charge in [0.15, 0.2) is 11.5 Å². The Kier molecular flexibility index (Phi) is 3.83. The highest BCUT2D eigenvalue weighted by Gasteiger charge is 2.52. The number of carbonyl (C=O) groups is 2. The molecule has 0 unspecified atom stereocenters. The zero-order chi connectivity index (χ0) is 18.3. The first-order valence-corrected chi connectivity index (χ1v) is 8.51. The molecule has 2 aromatic rings. The minimum Gasteiger partial charge on any atom is -0.493 e. The van der Waals surface area contributed by atoms with Gasteiger partial charge in [0, 0.05) is 24.3 Å². The summed E-state index contributed by atoms with van der Waals surface area (Å²) in [5.74, 6) is 0.948. The number of rotatable bonds is 3. The normalized spacial score (nSPS) is 20.8. The highest BCUT2D eigenvalue weighted by atomic mass is 16.5. The van der Waals surface area contributed by atoms with E-state index < -0.39 is 5.41 Å². The van der Waals surface area contributed by atoms with E-state index in [1.165, 1.54) is 7.11 Å². The number of benzene rings is 2. The first-order chi connectivity index (χ1) is 12.6. The standard InChI is InChI=1S/C20H20N2O4/c1-25-16-8-7-13(11-17(16)26-2)18(23)22-10-9-20(12-22)14-5-3-4-6-15(14)21-19(20)24/h3-8,11H,9-10,12H2,1-2H3,(H,21,24)/t20-/m0/s1. The molecular weight excluding hydrogens is 332 g/mol. The smallest absolute Gasteiger partial charge is 0.254 e. The maximum Gasteiger partial charge on any atom is 0.254 e. The fraction of sp³-hybridized carbons (Fsp3) is 0.300. The molecule has 1 atom stereocenters. The predicted molar refractivity (Wildman–Crippen MR) is 96.8 cm³/mol. The van der Waals surface area contributed by atoms with Crippen molar-refractivity contribution in [3.8, 4) is 11.5 Å². The number of hydrogen-bond donors (Lipinski definition) is 1. The largest absolute Gasteiger partial charge is 0.493 e. The number of ether oxygens (including phenoxy) is 2. The number of anilines is 1. The van der Waals surface area contributed by atoms with Gasteiger partial charge in [-0.05, 0) is 36.2 Å². The lowest BCUT2D eigenvalue weighted by Crippen LogP contribution is -2.39. The summed E-state index contributed by atoms with van der Waals surface area (Å²) in [6, 6.07) is 12.8. The summed E-state index contributed by atoms with van der Waals surface area (Å²) < 4.78 is 10.5. The highest BCUT2D eigenvalue weighted by molar-refractivity contribution is 6.07. The Morgan fingerprint density at radius 1 is 1.12 bits per heavy atom. The summed E-state index contributed by atoms with van der Waals surface area (Å²) >= 11 is 0. The lowest BCUT2D eigenvalue weighted by atomic mass is 9.81. The average Bonchev–Trinajstić information content (AvgIpc) is 3.24. The summed E-state index contributed by atoms with van der Waals surface area (Å²) in [7, 11) is 3.09. The van der Waals surface area contributed by atoms with Gasteiger partial charge < -0.3 is 19.7 Å². The lowest BCUT2D eigenvalue weighted by molar-refractivity contribution is -0.120. The summed E-state index contributed by atoms with van der Waals surface area (Å²) in [5, 5.41) is 2.95. The highest BCUT2D eigenvalue weighted by Crippen LogP contribution is 2.44. The molecule has 1 N–H and O–H groups in total. The quantitative estimate of drug-likeness (QED) is 0.921. The van der Waals surface area contributed by atoms with E-state index in [2.05, 4.69) is 5.32 Å². The van der Waals surface area contributed by atoms with Crippen molar-refractivity contribution in [2.75, 3.05) is 32.6 Å². The summed E-state index contributed by atoms with van der Waals surface area (Å²) in [4.78, 5) is 27.4. The number of fused-ring (bicyclic) bond motifs is 2. The van der Waals surface area contributed by atoms with Crippen LogP contribution in [-0.2, 0) is 10.2 Å². The fourth-order valence-corrected chi connectivity index (χ4v) is 3.91. The molecule has 2 heterocycles. The number of amides is 2. The van der Waals surface area contributed by atoms with Crippen LogP contribution in [0.3, 0.4) is 0 Å². The molecule has 0 radical (unpaired) electrons. The zero-order valence-corrected chi connectivity index (χ0v) is 14.7. The molecule has 1 saturated heterocycles. The first kappa shape index (κ1) is 16.4. The zero-order valence-electron chi connectivity index (χ0n) is 14.7. The number of carbonyl (C=O) groups excluding carboxylic acids is 2. The lowest BCUT2D eigenvalue weighted by Gasteiger charge is -2.23. The Labute approximate surface area is 151 Å². The maximum absolute atomic E-state index is 13.0. The van der Waals surface area contributed by atoms with Crippen LogP contribution in [0.15, 0.2) is 42.5 Å². The van der Waals surface area contributed by atoms with Crippen molar-refractivity contribution >= 4 is 17.5 Å². The van der Waals surface area contributed by atoms with Crippen molar-refractivity contribution in [1.29, 1.82) is 0 Å². The molecule has 4 rings (SSSR count). The monoisotopic (exact) mass is 352 g/mol. The van der Waals surface area contributed by atoms with Gasteiger partial charge in [-0.25, -0.2) is 0 Å². The van der Waals surface area contributed by atoms with Gasteiger partial charge in [-0.2, -0.15) is 0 Å². The fourth-order valence-electron chi connectivity index (χ4n) is 3.91. The molecule has 0 saturated carbocycles. The minimum atomic E-state index is -0.650. The average molecular weight is 352 g/mol. The number of nitrogens with one attached hydrogen (secondary N) is 1. The molecule has 0 aliphatic carbocycles. The molecule has 0 aromatic heterocycles. The predicted octanol–water partition coefficient (Wildman–Crippen LogP) is 2.44. The van der Waals surface area contributed by atoms with Gasteiger partial charge in [0.2, 0.25) is 5.91 Å². The van der Waals surface area contributed by atoms with Gasteiger partial charge in [0.1, 0.15) is 0 Å². The molecule has 6 nitrogen and oxygen atoms in total. The van der Waals surface area contributed by atoms with Gasteiger partial charge in [0.05, 0.1) is 19.6 Å². The number of para-hydroxylation sites is 1. The van der Waals surface area contributed by atoms with Crippen molar-refractivity contribution in [3.63, 3.8) is 0 Å². The van der Waals surface area contributed by atoms with Crippen molar-refractivity contribution in [2.45, 2.75) is 11.8 Å². The van der Waals surface area contributed by atoms with Gasteiger partial charge in [0.25, 0.3) is 5.91 Å². The van der Waals surface area contributed by atoms with Crippen LogP contribution < -0.4 is 14.8 Å². The summed E-state index contributed by atoms with van der Waals surface area (Å²) in [6.45, 7) is 0.915. The number of methoxy groups -OCH3 is 2. The molecule has 2 aromatic carbocycles. The van der Waals surface area contributed by atoms with Crippen molar-refractivity contribution in [3.05, 3.63) is 53.6 Å².